The van der Waals surface area contributed by atoms with E-state index in [2.05, 4.69) is 26.2 Å². The zero-order valence-corrected chi connectivity index (χ0v) is 24.0. The van der Waals surface area contributed by atoms with E-state index in [4.69, 9.17) is 5.73 Å². The number of primary amides is 1. The van der Waals surface area contributed by atoms with Crippen LogP contribution in [-0.2, 0) is 14.4 Å². The van der Waals surface area contributed by atoms with Gasteiger partial charge < -0.3 is 25.8 Å². The molecule has 1 unspecified atom stereocenters. The van der Waals surface area contributed by atoms with Gasteiger partial charge in [0.2, 0.25) is 17.7 Å². The number of halogens is 3. The highest BCUT2D eigenvalue weighted by Gasteiger charge is 2.39. The highest BCUT2D eigenvalue weighted by Crippen LogP contribution is 2.38. The first-order chi connectivity index (χ1) is 18.8. The van der Waals surface area contributed by atoms with E-state index in [1.54, 1.807) is 18.2 Å². The monoisotopic (exact) mass is 617 g/mol. The van der Waals surface area contributed by atoms with Gasteiger partial charge >= 0.3 is 0 Å². The Hall–Kier alpha value is -3.80. The summed E-state index contributed by atoms with van der Waals surface area (Å²) in [5.74, 6) is -4.63. The van der Waals surface area contributed by atoms with E-state index < -0.39 is 47.4 Å². The molecule has 0 bridgehead atoms. The summed E-state index contributed by atoms with van der Waals surface area (Å²) in [4.78, 5) is 57.7. The average Bonchev–Trinajstić information content (AvgIpc) is 3.44. The number of likely N-dealkylation sites (N-methyl/N-ethyl adjacent to an activating group) is 2. The lowest BCUT2D eigenvalue weighted by Gasteiger charge is -2.35. The second kappa shape index (κ2) is 11.4. The summed E-state index contributed by atoms with van der Waals surface area (Å²) in [6.45, 7) is 3.76. The summed E-state index contributed by atoms with van der Waals surface area (Å²) in [5, 5.41) is 2.82. The Morgan fingerprint density at radius 3 is 2.40 bits per heavy atom. The maximum absolute atomic E-state index is 14.2. The number of nitrogens with two attached hydrogens (primary N) is 1. The summed E-state index contributed by atoms with van der Waals surface area (Å²) in [5.41, 5.74) is 7.10. The molecule has 0 spiro atoms. The topological polar surface area (TPSA) is 129 Å². The zero-order valence-electron chi connectivity index (χ0n) is 22.4. The standard InChI is InChI=1S/C28H30BrF2N5O4/c1-13(2)7-24(36(4)27(39)22-11-18-19(31)9-15(30)10-21(18)33-22)28(40)35(3)23(25(32)37)12-17-16-8-14(29)5-6-20(16)34-26(17)38/h5-6,8-11,13,17,23-24,33H,7,12H2,1-4H3,(H2,32,37)(H,34,38)/t17?,23-,24-/m0/s1. The van der Waals surface area contributed by atoms with Crippen molar-refractivity contribution in [3.63, 3.8) is 0 Å². The van der Waals surface area contributed by atoms with Gasteiger partial charge in [-0.25, -0.2) is 8.78 Å². The maximum Gasteiger partial charge on any atom is 0.270 e. The molecule has 4 N–H and O–H groups in total. The minimum absolute atomic E-state index is 0.0243. The molecule has 0 saturated carbocycles. The first-order valence-electron chi connectivity index (χ1n) is 12.7. The Bertz CT molecular complexity index is 1510. The number of benzene rings is 2. The number of nitrogens with zero attached hydrogens (tertiary/aromatic N) is 2. The number of nitrogens with one attached hydrogen (secondary N) is 2. The van der Waals surface area contributed by atoms with E-state index in [-0.39, 0.29) is 41.3 Å². The summed E-state index contributed by atoms with van der Waals surface area (Å²) < 4.78 is 28.7. The lowest BCUT2D eigenvalue weighted by Crippen LogP contribution is -2.54. The van der Waals surface area contributed by atoms with E-state index >= 15 is 0 Å². The molecule has 0 fully saturated rings. The summed E-state index contributed by atoms with van der Waals surface area (Å²) in [6.07, 6.45) is 0.200. The quantitative estimate of drug-likeness (QED) is 0.333. The predicted molar refractivity (Wildman–Crippen MR) is 149 cm³/mol. The normalized spacial score (nSPS) is 16.0. The molecule has 9 nitrogen and oxygen atoms in total. The third-order valence-corrected chi connectivity index (χ3v) is 7.71. The van der Waals surface area contributed by atoms with E-state index in [9.17, 15) is 28.0 Å². The number of carbonyl (C=O) groups is 4. The minimum Gasteiger partial charge on any atom is -0.368 e. The van der Waals surface area contributed by atoms with Gasteiger partial charge in [0.1, 0.15) is 29.4 Å². The van der Waals surface area contributed by atoms with Crippen molar-refractivity contribution in [1.82, 2.24) is 14.8 Å². The van der Waals surface area contributed by atoms with Crippen LogP contribution in [0.3, 0.4) is 0 Å². The van der Waals surface area contributed by atoms with Crippen molar-refractivity contribution in [3.05, 3.63) is 63.8 Å². The Labute approximate surface area is 238 Å². The number of anilines is 1. The molecule has 1 aliphatic rings. The maximum atomic E-state index is 14.2. The van der Waals surface area contributed by atoms with Gasteiger partial charge in [0.05, 0.1) is 11.4 Å². The minimum atomic E-state index is -1.14. The van der Waals surface area contributed by atoms with Crippen molar-refractivity contribution in [2.24, 2.45) is 11.7 Å². The number of aromatic nitrogens is 1. The molecule has 4 amide bonds. The highest BCUT2D eigenvalue weighted by atomic mass is 79.9. The van der Waals surface area contributed by atoms with Crippen LogP contribution >= 0.6 is 15.9 Å². The first kappa shape index (κ1) is 29.2. The lowest BCUT2D eigenvalue weighted by molar-refractivity contribution is -0.142. The van der Waals surface area contributed by atoms with E-state index in [0.717, 1.165) is 16.6 Å². The Kier molecular flexibility index (Phi) is 8.29. The molecular weight excluding hydrogens is 588 g/mol. The molecular formula is C28H30BrF2N5O4. The molecule has 0 saturated heterocycles. The third-order valence-electron chi connectivity index (χ3n) is 7.22. The van der Waals surface area contributed by atoms with Crippen molar-refractivity contribution in [3.8, 4) is 0 Å². The molecule has 212 valence electrons. The van der Waals surface area contributed by atoms with E-state index in [1.165, 1.54) is 30.0 Å². The molecule has 4 rings (SSSR count). The second-order valence-corrected chi connectivity index (χ2v) is 11.4. The van der Waals surface area contributed by atoms with Gasteiger partial charge in [-0.15, -0.1) is 0 Å². The van der Waals surface area contributed by atoms with Crippen LogP contribution in [0.2, 0.25) is 0 Å². The van der Waals surface area contributed by atoms with Crippen molar-refractivity contribution in [2.75, 3.05) is 19.4 Å². The molecule has 2 aromatic carbocycles. The number of H-pyrrole nitrogens is 1. The number of aromatic amines is 1. The number of fused-ring (bicyclic) bond motifs is 2. The Morgan fingerprint density at radius 2 is 1.75 bits per heavy atom. The van der Waals surface area contributed by atoms with Crippen molar-refractivity contribution >= 4 is 56.1 Å². The fraction of sp³-hybridized carbons (Fsp3) is 0.357. The van der Waals surface area contributed by atoms with Gasteiger partial charge in [0, 0.05) is 35.7 Å². The number of carbonyl (C=O) groups excluding carboxylic acids is 4. The summed E-state index contributed by atoms with van der Waals surface area (Å²) in [6, 6.07) is 6.22. The van der Waals surface area contributed by atoms with Crippen LogP contribution in [0.4, 0.5) is 14.5 Å². The summed E-state index contributed by atoms with van der Waals surface area (Å²) >= 11 is 3.39. The number of hydrogen-bond donors (Lipinski definition) is 3. The lowest BCUT2D eigenvalue weighted by atomic mass is 9.91. The van der Waals surface area contributed by atoms with Gasteiger partial charge in [-0.2, -0.15) is 0 Å². The Morgan fingerprint density at radius 1 is 1.05 bits per heavy atom. The molecule has 12 heteroatoms. The van der Waals surface area contributed by atoms with Gasteiger partial charge in [-0.1, -0.05) is 29.8 Å². The fourth-order valence-corrected chi connectivity index (χ4v) is 5.46. The van der Waals surface area contributed by atoms with Gasteiger partial charge in [0.15, 0.2) is 0 Å². The molecule has 3 aromatic rings. The molecule has 1 aromatic heterocycles. The third kappa shape index (κ3) is 5.72. The predicted octanol–water partition coefficient (Wildman–Crippen LogP) is 4.13. The number of amides is 4. The van der Waals surface area contributed by atoms with Crippen molar-refractivity contribution < 1.29 is 28.0 Å². The molecule has 40 heavy (non-hydrogen) atoms. The average molecular weight is 618 g/mol. The van der Waals surface area contributed by atoms with Gasteiger partial charge in [-0.3, -0.25) is 19.2 Å². The fourth-order valence-electron chi connectivity index (χ4n) is 5.09. The summed E-state index contributed by atoms with van der Waals surface area (Å²) in [7, 11) is 2.85. The molecule has 0 aliphatic carbocycles. The SMILES string of the molecule is CC(C)C[C@@H](C(=O)N(C)[C@@H](CC1C(=O)Nc2ccc(Br)cc21)C(N)=O)N(C)C(=O)c1cc2c(F)cc(F)cc2[nH]1. The highest BCUT2D eigenvalue weighted by molar-refractivity contribution is 9.10. The zero-order chi connectivity index (χ0) is 29.5. The Balaban J connectivity index is 1.60. The molecule has 2 heterocycles. The van der Waals surface area contributed by atoms with E-state index in [1.807, 2.05) is 13.8 Å². The molecule has 1 aliphatic heterocycles. The van der Waals surface area contributed by atoms with Crippen molar-refractivity contribution in [1.29, 1.82) is 0 Å². The van der Waals surface area contributed by atoms with Crippen LogP contribution in [0.25, 0.3) is 10.9 Å². The number of hydrogen-bond acceptors (Lipinski definition) is 4. The van der Waals surface area contributed by atoms with Crippen LogP contribution < -0.4 is 11.1 Å². The van der Waals surface area contributed by atoms with Crippen LogP contribution in [-0.4, -0.2) is 64.6 Å². The van der Waals surface area contributed by atoms with Crippen LogP contribution in [0.1, 0.15) is 48.7 Å². The van der Waals surface area contributed by atoms with Crippen molar-refractivity contribution in [2.45, 2.75) is 44.7 Å². The smallest absolute Gasteiger partial charge is 0.270 e. The van der Waals surface area contributed by atoms with Crippen LogP contribution in [0.15, 0.2) is 40.9 Å². The van der Waals surface area contributed by atoms with Gasteiger partial charge in [-0.05, 0) is 54.7 Å². The van der Waals surface area contributed by atoms with Crippen LogP contribution in [0, 0.1) is 17.6 Å². The second-order valence-electron chi connectivity index (χ2n) is 10.5. The number of rotatable bonds is 9. The molecule has 0 radical (unpaired) electrons. The molecule has 3 atom stereocenters. The van der Waals surface area contributed by atoms with Gasteiger partial charge in [0.25, 0.3) is 5.91 Å². The van der Waals surface area contributed by atoms with Crippen LogP contribution in [0.5, 0.6) is 0 Å². The largest absolute Gasteiger partial charge is 0.368 e. The van der Waals surface area contributed by atoms with E-state index in [0.29, 0.717) is 11.3 Å². The first-order valence-corrected chi connectivity index (χ1v) is 13.5.